The third kappa shape index (κ3) is 4.20. The molecule has 0 bridgehead atoms. The molecule has 0 radical (unpaired) electrons. The Morgan fingerprint density at radius 3 is 2.29 bits per heavy atom. The number of aromatic nitrogens is 2. The normalized spacial score (nSPS) is 10.5. The van der Waals surface area contributed by atoms with Crippen molar-refractivity contribution in [1.82, 2.24) is 9.78 Å². The summed E-state index contributed by atoms with van der Waals surface area (Å²) in [5.41, 5.74) is 1.06. The van der Waals surface area contributed by atoms with E-state index in [-0.39, 0.29) is 22.0 Å². The van der Waals surface area contributed by atoms with Crippen LogP contribution in [0.15, 0.2) is 42.5 Å². The summed E-state index contributed by atoms with van der Waals surface area (Å²) in [6.45, 7) is 2.19. The molecule has 31 heavy (non-hydrogen) atoms. The summed E-state index contributed by atoms with van der Waals surface area (Å²) in [5, 5.41) is 4.80. The summed E-state index contributed by atoms with van der Waals surface area (Å²) in [6.07, 6.45) is 0. The molecule has 0 amide bonds. The van der Waals surface area contributed by atoms with Crippen molar-refractivity contribution in [1.29, 1.82) is 0 Å². The van der Waals surface area contributed by atoms with Crippen molar-refractivity contribution in [2.75, 3.05) is 27.9 Å². The minimum atomic E-state index is -0.748. The van der Waals surface area contributed by atoms with Gasteiger partial charge in [-0.15, -0.1) is 0 Å². The van der Waals surface area contributed by atoms with Crippen LogP contribution >= 0.6 is 11.6 Å². The minimum absolute atomic E-state index is 0.0538. The van der Waals surface area contributed by atoms with Crippen molar-refractivity contribution < 1.29 is 28.5 Å². The van der Waals surface area contributed by atoms with Gasteiger partial charge in [-0.3, -0.25) is 0 Å². The molecule has 3 rings (SSSR count). The van der Waals surface area contributed by atoms with Gasteiger partial charge in [-0.25, -0.2) is 14.3 Å². The smallest absolute Gasteiger partial charge is 0.357 e. The number of rotatable bonds is 7. The number of hydrogen-bond acceptors (Lipinski definition) is 7. The molecule has 0 aliphatic heterocycles. The Kier molecular flexibility index (Phi) is 6.81. The van der Waals surface area contributed by atoms with Crippen molar-refractivity contribution in [3.05, 3.63) is 58.7 Å². The van der Waals surface area contributed by atoms with Crippen LogP contribution < -0.4 is 9.47 Å². The summed E-state index contributed by atoms with van der Waals surface area (Å²) in [7, 11) is 3.92. The first-order valence-electron chi connectivity index (χ1n) is 9.32. The molecule has 0 aliphatic rings. The largest absolute Gasteiger partial charge is 0.491 e. The van der Waals surface area contributed by atoms with E-state index in [4.69, 9.17) is 30.5 Å². The highest BCUT2D eigenvalue weighted by atomic mass is 35.5. The van der Waals surface area contributed by atoms with Crippen molar-refractivity contribution >= 4 is 23.5 Å². The van der Waals surface area contributed by atoms with E-state index in [0.29, 0.717) is 29.4 Å². The Balaban J connectivity index is 2.36. The van der Waals surface area contributed by atoms with E-state index in [1.54, 1.807) is 36.4 Å². The van der Waals surface area contributed by atoms with Crippen LogP contribution in [0.5, 0.6) is 11.5 Å². The van der Waals surface area contributed by atoms with Crippen LogP contribution in [-0.4, -0.2) is 49.7 Å². The van der Waals surface area contributed by atoms with Crippen molar-refractivity contribution in [2.24, 2.45) is 0 Å². The predicted octanol–water partition coefficient (Wildman–Crippen LogP) is 4.17. The lowest BCUT2D eigenvalue weighted by Gasteiger charge is -2.12. The molecule has 0 fully saturated rings. The van der Waals surface area contributed by atoms with E-state index in [9.17, 15) is 9.59 Å². The lowest BCUT2D eigenvalue weighted by Crippen LogP contribution is -2.15. The maximum Gasteiger partial charge on any atom is 0.357 e. The number of carbonyl (C=O) groups is 2. The molecule has 0 saturated carbocycles. The highest BCUT2D eigenvalue weighted by Crippen LogP contribution is 2.40. The molecule has 9 heteroatoms. The summed E-state index contributed by atoms with van der Waals surface area (Å²) in [4.78, 5) is 25.4. The molecule has 0 unspecified atom stereocenters. The molecular weight excluding hydrogens is 424 g/mol. The summed E-state index contributed by atoms with van der Waals surface area (Å²) in [5.74, 6) is -0.769. The first kappa shape index (κ1) is 22.2. The third-order valence-electron chi connectivity index (χ3n) is 4.44. The molecule has 0 atom stereocenters. The van der Waals surface area contributed by atoms with Crippen molar-refractivity contribution in [3.63, 3.8) is 0 Å². The van der Waals surface area contributed by atoms with Gasteiger partial charge in [-0.05, 0) is 31.2 Å². The molecule has 1 aromatic heterocycles. The van der Waals surface area contributed by atoms with E-state index in [2.05, 4.69) is 5.10 Å². The van der Waals surface area contributed by atoms with Gasteiger partial charge < -0.3 is 18.9 Å². The number of para-hydroxylation sites is 1. The Hall–Kier alpha value is -3.52. The number of carbonyl (C=O) groups excluding carboxylic acids is 2. The van der Waals surface area contributed by atoms with Crippen LogP contribution in [0, 0.1) is 0 Å². The molecule has 2 aromatic carbocycles. The Labute approximate surface area is 184 Å². The Morgan fingerprint density at radius 2 is 1.71 bits per heavy atom. The van der Waals surface area contributed by atoms with Gasteiger partial charge >= 0.3 is 11.9 Å². The van der Waals surface area contributed by atoms with Crippen LogP contribution in [0.4, 0.5) is 0 Å². The summed E-state index contributed by atoms with van der Waals surface area (Å²) in [6, 6.07) is 12.1. The summed E-state index contributed by atoms with van der Waals surface area (Å²) >= 11 is 6.39. The first-order valence-corrected chi connectivity index (χ1v) is 9.70. The molecule has 0 N–H and O–H groups in total. The molecule has 0 saturated heterocycles. The van der Waals surface area contributed by atoms with Gasteiger partial charge in [0.25, 0.3) is 0 Å². The second kappa shape index (κ2) is 9.53. The molecule has 0 spiro atoms. The second-order valence-corrected chi connectivity index (χ2v) is 6.63. The van der Waals surface area contributed by atoms with E-state index in [1.807, 2.05) is 13.0 Å². The Morgan fingerprint density at radius 1 is 1.03 bits per heavy atom. The number of hydrogen-bond donors (Lipinski definition) is 0. The molecule has 1 heterocycles. The standard InChI is InChI=1S/C22H21ClN2O6/c1-5-31-16-12-13(11-15(23)20(16)28-2)18-17(21(26)29-3)19(22(27)30-4)25(24-18)14-9-7-6-8-10-14/h6-12H,5H2,1-4H3. The van der Waals surface area contributed by atoms with Crippen LogP contribution in [0.2, 0.25) is 5.02 Å². The fourth-order valence-electron chi connectivity index (χ4n) is 3.12. The molecule has 162 valence electrons. The van der Waals surface area contributed by atoms with Crippen LogP contribution in [0.1, 0.15) is 27.8 Å². The monoisotopic (exact) mass is 444 g/mol. The van der Waals surface area contributed by atoms with Gasteiger partial charge in [0, 0.05) is 5.56 Å². The highest BCUT2D eigenvalue weighted by molar-refractivity contribution is 6.32. The van der Waals surface area contributed by atoms with E-state index in [1.165, 1.54) is 26.0 Å². The molecule has 8 nitrogen and oxygen atoms in total. The molecular formula is C22H21ClN2O6. The van der Waals surface area contributed by atoms with Crippen molar-refractivity contribution in [2.45, 2.75) is 6.92 Å². The lowest BCUT2D eigenvalue weighted by molar-refractivity contribution is 0.0549. The quantitative estimate of drug-likeness (QED) is 0.505. The molecule has 0 aliphatic carbocycles. The van der Waals surface area contributed by atoms with Gasteiger partial charge in [-0.1, -0.05) is 29.8 Å². The van der Waals surface area contributed by atoms with E-state index in [0.717, 1.165) is 0 Å². The van der Waals surface area contributed by atoms with Crippen LogP contribution in [-0.2, 0) is 9.47 Å². The van der Waals surface area contributed by atoms with Crippen molar-refractivity contribution in [3.8, 4) is 28.4 Å². The zero-order valence-electron chi connectivity index (χ0n) is 17.5. The van der Waals surface area contributed by atoms with Gasteiger partial charge in [0.15, 0.2) is 17.2 Å². The van der Waals surface area contributed by atoms with Gasteiger partial charge in [0.2, 0.25) is 0 Å². The fraction of sp³-hybridized carbons (Fsp3) is 0.227. The third-order valence-corrected chi connectivity index (χ3v) is 4.72. The fourth-order valence-corrected chi connectivity index (χ4v) is 3.41. The van der Waals surface area contributed by atoms with Crippen LogP contribution in [0.3, 0.4) is 0 Å². The topological polar surface area (TPSA) is 88.9 Å². The van der Waals surface area contributed by atoms with E-state index >= 15 is 0 Å². The van der Waals surface area contributed by atoms with E-state index < -0.39 is 11.9 Å². The highest BCUT2D eigenvalue weighted by Gasteiger charge is 2.32. The van der Waals surface area contributed by atoms with Crippen LogP contribution in [0.25, 0.3) is 16.9 Å². The maximum absolute atomic E-state index is 12.7. The number of methoxy groups -OCH3 is 3. The number of esters is 2. The summed E-state index contributed by atoms with van der Waals surface area (Å²) < 4.78 is 22.2. The zero-order chi connectivity index (χ0) is 22.5. The number of benzene rings is 2. The minimum Gasteiger partial charge on any atom is -0.491 e. The lowest BCUT2D eigenvalue weighted by atomic mass is 10.0. The van der Waals surface area contributed by atoms with Gasteiger partial charge in [-0.2, -0.15) is 5.10 Å². The number of halogens is 1. The predicted molar refractivity (Wildman–Crippen MR) is 114 cm³/mol. The number of ether oxygens (including phenoxy) is 4. The van der Waals surface area contributed by atoms with Gasteiger partial charge in [0.1, 0.15) is 11.3 Å². The first-order chi connectivity index (χ1) is 15.0. The Bertz CT molecular complexity index is 1110. The second-order valence-electron chi connectivity index (χ2n) is 6.23. The maximum atomic E-state index is 12.7. The van der Waals surface area contributed by atoms with Gasteiger partial charge in [0.05, 0.1) is 38.6 Å². The molecule has 3 aromatic rings. The zero-order valence-corrected chi connectivity index (χ0v) is 18.2. The average Bonchev–Trinajstić information content (AvgIpc) is 3.19. The SMILES string of the molecule is CCOc1cc(-c2nn(-c3ccccc3)c(C(=O)OC)c2C(=O)OC)cc(Cl)c1OC. The number of nitrogens with zero attached hydrogens (tertiary/aromatic N) is 2. The average molecular weight is 445 g/mol.